The summed E-state index contributed by atoms with van der Waals surface area (Å²) < 4.78 is 14.1. The van der Waals surface area contributed by atoms with Crippen LogP contribution >= 0.6 is 0 Å². The van der Waals surface area contributed by atoms with Crippen molar-refractivity contribution in [3.63, 3.8) is 0 Å². The second-order valence-corrected chi connectivity index (χ2v) is 1.88. The van der Waals surface area contributed by atoms with Crippen molar-refractivity contribution in [1.29, 1.82) is 0 Å². The van der Waals surface area contributed by atoms with Crippen LogP contribution in [0.3, 0.4) is 0 Å². The van der Waals surface area contributed by atoms with Crippen LogP contribution in [0.15, 0.2) is 24.7 Å². The monoisotopic (exact) mass is 137 g/mol. The molecule has 2 rings (SSSR count). The van der Waals surface area contributed by atoms with E-state index in [1.54, 1.807) is 12.3 Å². The molecule has 4 heteroatoms. The molecule has 0 N–H and O–H groups in total. The molecule has 2 aromatic rings. The number of nitrogens with zero attached hydrogens (tertiary/aromatic N) is 3. The summed E-state index contributed by atoms with van der Waals surface area (Å²) in [5.41, 5.74) is 0.266. The second-order valence-electron chi connectivity index (χ2n) is 1.88. The van der Waals surface area contributed by atoms with Crippen LogP contribution in [-0.4, -0.2) is 14.6 Å². The summed E-state index contributed by atoms with van der Waals surface area (Å²) >= 11 is 0. The van der Waals surface area contributed by atoms with Gasteiger partial charge in [0, 0.05) is 6.20 Å². The Morgan fingerprint density at radius 2 is 2.40 bits per heavy atom. The zero-order valence-electron chi connectivity index (χ0n) is 5.03. The third kappa shape index (κ3) is 0.586. The summed E-state index contributed by atoms with van der Waals surface area (Å²) in [6.07, 6.45) is 2.96. The first-order valence-corrected chi connectivity index (χ1v) is 2.82. The average molecular weight is 137 g/mol. The van der Waals surface area contributed by atoms with Gasteiger partial charge < -0.3 is 0 Å². The summed E-state index contributed by atoms with van der Waals surface area (Å²) in [5.74, 6) is -0.347. The van der Waals surface area contributed by atoms with Crippen LogP contribution in [0, 0.1) is 5.82 Å². The van der Waals surface area contributed by atoms with Crippen molar-refractivity contribution in [2.75, 3.05) is 0 Å². The SMILES string of the molecule is Fc1cccn2ncnc12. The second kappa shape index (κ2) is 1.76. The van der Waals surface area contributed by atoms with Gasteiger partial charge in [0.2, 0.25) is 0 Å². The summed E-state index contributed by atoms with van der Waals surface area (Å²) in [6.45, 7) is 0. The van der Waals surface area contributed by atoms with Crippen LogP contribution in [0.5, 0.6) is 0 Å². The minimum absolute atomic E-state index is 0.266. The van der Waals surface area contributed by atoms with E-state index in [-0.39, 0.29) is 11.5 Å². The predicted octanol–water partition coefficient (Wildman–Crippen LogP) is 0.868. The minimum atomic E-state index is -0.347. The number of hydrogen-bond acceptors (Lipinski definition) is 2. The van der Waals surface area contributed by atoms with Crippen molar-refractivity contribution in [3.05, 3.63) is 30.5 Å². The Labute approximate surface area is 56.1 Å². The van der Waals surface area contributed by atoms with Gasteiger partial charge in [-0.3, -0.25) is 0 Å². The van der Waals surface area contributed by atoms with Gasteiger partial charge in [0.15, 0.2) is 11.5 Å². The number of fused-ring (bicyclic) bond motifs is 1. The van der Waals surface area contributed by atoms with Crippen LogP contribution in [0.4, 0.5) is 4.39 Å². The molecule has 0 amide bonds. The Balaban J connectivity index is 2.95. The number of hydrogen-bond donors (Lipinski definition) is 0. The molecular weight excluding hydrogens is 133 g/mol. The molecule has 0 aliphatic rings. The quantitative estimate of drug-likeness (QED) is 0.539. The number of halogens is 1. The highest BCUT2D eigenvalue weighted by Gasteiger charge is 1.98. The summed E-state index contributed by atoms with van der Waals surface area (Å²) in [5, 5.41) is 3.75. The highest BCUT2D eigenvalue weighted by atomic mass is 19.1. The third-order valence-corrected chi connectivity index (χ3v) is 1.26. The predicted molar refractivity (Wildman–Crippen MR) is 32.9 cm³/mol. The Morgan fingerprint density at radius 1 is 1.50 bits per heavy atom. The highest BCUT2D eigenvalue weighted by Crippen LogP contribution is 2.02. The van der Waals surface area contributed by atoms with E-state index in [0.29, 0.717) is 0 Å². The molecule has 0 aromatic carbocycles. The van der Waals surface area contributed by atoms with Gasteiger partial charge in [-0.1, -0.05) is 0 Å². The smallest absolute Gasteiger partial charge is 0.191 e. The van der Waals surface area contributed by atoms with E-state index in [0.717, 1.165) is 0 Å². The van der Waals surface area contributed by atoms with Crippen molar-refractivity contribution in [2.24, 2.45) is 0 Å². The fourth-order valence-electron chi connectivity index (χ4n) is 0.814. The van der Waals surface area contributed by atoms with Gasteiger partial charge >= 0.3 is 0 Å². The van der Waals surface area contributed by atoms with E-state index in [9.17, 15) is 4.39 Å². The molecule has 0 radical (unpaired) electrons. The molecule has 0 bridgehead atoms. The normalized spacial score (nSPS) is 10.5. The van der Waals surface area contributed by atoms with Gasteiger partial charge in [-0.2, -0.15) is 5.10 Å². The molecule has 3 nitrogen and oxygen atoms in total. The van der Waals surface area contributed by atoms with Gasteiger partial charge in [-0.05, 0) is 12.1 Å². The Bertz CT molecular complexity index is 355. The number of aromatic nitrogens is 3. The maximum absolute atomic E-state index is 12.7. The lowest BCUT2D eigenvalue weighted by atomic mass is 10.5. The molecular formula is C6H4FN3. The first-order valence-electron chi connectivity index (χ1n) is 2.82. The van der Waals surface area contributed by atoms with E-state index in [2.05, 4.69) is 10.1 Å². The molecule has 0 saturated carbocycles. The fourth-order valence-corrected chi connectivity index (χ4v) is 0.814. The van der Waals surface area contributed by atoms with Crippen molar-refractivity contribution >= 4 is 5.65 Å². The van der Waals surface area contributed by atoms with E-state index in [1.165, 1.54) is 16.9 Å². The van der Waals surface area contributed by atoms with Crippen molar-refractivity contribution in [2.45, 2.75) is 0 Å². The third-order valence-electron chi connectivity index (χ3n) is 1.26. The molecule has 10 heavy (non-hydrogen) atoms. The maximum Gasteiger partial charge on any atom is 0.191 e. The van der Waals surface area contributed by atoms with Gasteiger partial charge in [-0.15, -0.1) is 0 Å². The van der Waals surface area contributed by atoms with Gasteiger partial charge in [0.1, 0.15) is 6.33 Å². The molecule has 2 aromatic heterocycles. The van der Waals surface area contributed by atoms with Crippen molar-refractivity contribution < 1.29 is 4.39 Å². The molecule has 0 unspecified atom stereocenters. The first-order chi connectivity index (χ1) is 4.88. The van der Waals surface area contributed by atoms with Gasteiger partial charge in [-0.25, -0.2) is 13.9 Å². The van der Waals surface area contributed by atoms with E-state index in [1.807, 2.05) is 0 Å². The molecule has 0 saturated heterocycles. The molecule has 0 aliphatic heterocycles. The Hall–Kier alpha value is -1.45. The van der Waals surface area contributed by atoms with Crippen LogP contribution in [0.1, 0.15) is 0 Å². The zero-order valence-corrected chi connectivity index (χ0v) is 5.03. The maximum atomic E-state index is 12.7. The number of rotatable bonds is 0. The van der Waals surface area contributed by atoms with Crippen LogP contribution in [-0.2, 0) is 0 Å². The van der Waals surface area contributed by atoms with Gasteiger partial charge in [0.05, 0.1) is 0 Å². The molecule has 2 heterocycles. The topological polar surface area (TPSA) is 30.2 Å². The lowest BCUT2D eigenvalue weighted by molar-refractivity contribution is 0.627. The summed E-state index contributed by atoms with van der Waals surface area (Å²) in [7, 11) is 0. The standard InChI is InChI=1S/C6H4FN3/c7-5-2-1-3-10-6(5)8-4-9-10/h1-4H. The molecule has 0 fully saturated rings. The number of pyridine rings is 1. The molecule has 0 atom stereocenters. The van der Waals surface area contributed by atoms with Crippen LogP contribution in [0.25, 0.3) is 5.65 Å². The van der Waals surface area contributed by atoms with Crippen LogP contribution in [0.2, 0.25) is 0 Å². The molecule has 0 aliphatic carbocycles. The van der Waals surface area contributed by atoms with Gasteiger partial charge in [0.25, 0.3) is 0 Å². The lowest BCUT2D eigenvalue weighted by Crippen LogP contribution is -1.87. The van der Waals surface area contributed by atoms with Crippen LogP contribution < -0.4 is 0 Å². The lowest BCUT2D eigenvalue weighted by Gasteiger charge is -1.89. The first kappa shape index (κ1) is 5.34. The summed E-state index contributed by atoms with van der Waals surface area (Å²) in [6, 6.07) is 2.93. The van der Waals surface area contributed by atoms with Crippen molar-refractivity contribution in [3.8, 4) is 0 Å². The van der Waals surface area contributed by atoms with Crippen molar-refractivity contribution in [1.82, 2.24) is 14.6 Å². The zero-order chi connectivity index (χ0) is 6.97. The molecule has 0 spiro atoms. The Morgan fingerprint density at radius 3 is 3.20 bits per heavy atom. The largest absolute Gasteiger partial charge is 0.218 e. The minimum Gasteiger partial charge on any atom is -0.218 e. The van der Waals surface area contributed by atoms with E-state index < -0.39 is 0 Å². The highest BCUT2D eigenvalue weighted by molar-refractivity contribution is 5.36. The Kier molecular flexibility index (Phi) is 0.943. The molecule has 50 valence electrons. The average Bonchev–Trinajstić information content (AvgIpc) is 2.36. The van der Waals surface area contributed by atoms with E-state index in [4.69, 9.17) is 0 Å². The summed E-state index contributed by atoms with van der Waals surface area (Å²) in [4.78, 5) is 3.70. The fraction of sp³-hybridized carbons (Fsp3) is 0. The van der Waals surface area contributed by atoms with E-state index >= 15 is 0 Å².